The number of aromatic nitrogens is 4. The van der Waals surface area contributed by atoms with Crippen LogP contribution < -0.4 is 10.9 Å². The van der Waals surface area contributed by atoms with Gasteiger partial charge in [-0.1, -0.05) is 24.6 Å². The summed E-state index contributed by atoms with van der Waals surface area (Å²) >= 11 is 0. The second kappa shape index (κ2) is 8.79. The van der Waals surface area contributed by atoms with Gasteiger partial charge in [-0.25, -0.2) is 9.36 Å². The second-order valence-corrected chi connectivity index (χ2v) is 7.86. The van der Waals surface area contributed by atoms with E-state index in [9.17, 15) is 9.59 Å². The van der Waals surface area contributed by atoms with Gasteiger partial charge in [-0.3, -0.25) is 9.59 Å². The minimum Gasteiger partial charge on any atom is -0.353 e. The zero-order valence-electron chi connectivity index (χ0n) is 17.6. The van der Waals surface area contributed by atoms with Gasteiger partial charge in [0.15, 0.2) is 0 Å². The maximum atomic E-state index is 13.1. The van der Waals surface area contributed by atoms with Crippen molar-refractivity contribution in [1.29, 1.82) is 0 Å². The summed E-state index contributed by atoms with van der Waals surface area (Å²) in [6.07, 6.45) is 3.74. The van der Waals surface area contributed by atoms with Crippen molar-refractivity contribution in [2.24, 2.45) is 0 Å². The van der Waals surface area contributed by atoms with Crippen LogP contribution in [-0.2, 0) is 11.3 Å². The van der Waals surface area contributed by atoms with Crippen LogP contribution in [-0.4, -0.2) is 56.5 Å². The van der Waals surface area contributed by atoms with Gasteiger partial charge in [0.2, 0.25) is 5.91 Å². The van der Waals surface area contributed by atoms with Crippen LogP contribution in [0.4, 0.5) is 0 Å². The lowest BCUT2D eigenvalue weighted by molar-refractivity contribution is -0.121. The maximum absolute atomic E-state index is 13.1. The summed E-state index contributed by atoms with van der Waals surface area (Å²) in [5.41, 5.74) is 2.53. The van der Waals surface area contributed by atoms with Gasteiger partial charge in [0.1, 0.15) is 12.1 Å². The molecule has 1 amide bonds. The van der Waals surface area contributed by atoms with Crippen molar-refractivity contribution in [2.75, 3.05) is 26.2 Å². The average molecular weight is 409 g/mol. The van der Waals surface area contributed by atoms with Crippen molar-refractivity contribution in [3.8, 4) is 5.69 Å². The average Bonchev–Trinajstić information content (AvgIpc) is 3.11. The fraction of sp³-hybridized carbons (Fsp3) is 0.455. The fourth-order valence-electron chi connectivity index (χ4n) is 4.07. The molecule has 158 valence electrons. The first kappa shape index (κ1) is 20.3. The van der Waals surface area contributed by atoms with Crippen LogP contribution in [0.2, 0.25) is 0 Å². The minimum atomic E-state index is -0.290. The zero-order chi connectivity index (χ0) is 21.1. The van der Waals surface area contributed by atoms with Crippen LogP contribution in [0.5, 0.6) is 0 Å². The molecule has 0 atom stereocenters. The van der Waals surface area contributed by atoms with E-state index in [1.165, 1.54) is 23.9 Å². The summed E-state index contributed by atoms with van der Waals surface area (Å²) in [7, 11) is 0. The van der Waals surface area contributed by atoms with Gasteiger partial charge in [-0.15, -0.1) is 0 Å². The molecule has 0 radical (unpaired) electrons. The van der Waals surface area contributed by atoms with Gasteiger partial charge < -0.3 is 10.2 Å². The van der Waals surface area contributed by atoms with E-state index in [4.69, 9.17) is 0 Å². The SMILES string of the molecule is Cc1nn(CC(=O)NCCN2CCCCC2)c(=O)c2c(C)n(-c3ccccc3)nc12. The Balaban J connectivity index is 1.52. The lowest BCUT2D eigenvalue weighted by Crippen LogP contribution is -2.40. The number of carbonyl (C=O) groups is 1. The van der Waals surface area contributed by atoms with Crippen LogP contribution in [0.1, 0.15) is 30.7 Å². The van der Waals surface area contributed by atoms with E-state index in [0.29, 0.717) is 23.1 Å². The summed E-state index contributed by atoms with van der Waals surface area (Å²) in [5.74, 6) is -0.200. The van der Waals surface area contributed by atoms with Crippen LogP contribution in [0.3, 0.4) is 0 Å². The molecule has 8 heteroatoms. The van der Waals surface area contributed by atoms with Crippen LogP contribution in [0, 0.1) is 13.8 Å². The molecule has 0 spiro atoms. The Bertz CT molecular complexity index is 1100. The Hall–Kier alpha value is -3.00. The molecule has 0 bridgehead atoms. The van der Waals surface area contributed by atoms with E-state index < -0.39 is 0 Å². The number of hydrogen-bond acceptors (Lipinski definition) is 5. The number of fused-ring (bicyclic) bond motifs is 1. The predicted octanol–water partition coefficient (Wildman–Crippen LogP) is 1.80. The molecular weight excluding hydrogens is 380 g/mol. The molecule has 1 aromatic carbocycles. The van der Waals surface area contributed by atoms with Crippen LogP contribution in [0.25, 0.3) is 16.6 Å². The Labute approximate surface area is 175 Å². The number of rotatable bonds is 6. The molecule has 0 aliphatic carbocycles. The number of nitrogens with one attached hydrogen (secondary N) is 1. The van der Waals surface area contributed by atoms with E-state index >= 15 is 0 Å². The van der Waals surface area contributed by atoms with E-state index in [-0.39, 0.29) is 18.0 Å². The molecule has 8 nitrogen and oxygen atoms in total. The summed E-state index contributed by atoms with van der Waals surface area (Å²) in [6, 6.07) is 9.68. The van der Waals surface area contributed by atoms with Crippen molar-refractivity contribution in [3.05, 3.63) is 52.1 Å². The smallest absolute Gasteiger partial charge is 0.278 e. The number of carbonyl (C=O) groups excluding carboxylic acids is 1. The first-order valence-corrected chi connectivity index (χ1v) is 10.6. The highest BCUT2D eigenvalue weighted by atomic mass is 16.2. The van der Waals surface area contributed by atoms with Crippen molar-refractivity contribution >= 4 is 16.8 Å². The Kier molecular flexibility index (Phi) is 5.94. The Morgan fingerprint density at radius 2 is 1.80 bits per heavy atom. The third-order valence-corrected chi connectivity index (χ3v) is 5.67. The van der Waals surface area contributed by atoms with Crippen LogP contribution >= 0.6 is 0 Å². The Morgan fingerprint density at radius 3 is 2.53 bits per heavy atom. The number of piperidine rings is 1. The van der Waals surface area contributed by atoms with E-state index in [0.717, 1.165) is 31.0 Å². The molecule has 1 aliphatic heterocycles. The minimum absolute atomic E-state index is 0.0917. The van der Waals surface area contributed by atoms with Crippen LogP contribution in [0.15, 0.2) is 35.1 Å². The molecule has 1 N–H and O–H groups in total. The monoisotopic (exact) mass is 408 g/mol. The largest absolute Gasteiger partial charge is 0.353 e. The highest BCUT2D eigenvalue weighted by Gasteiger charge is 2.18. The normalized spacial score (nSPS) is 14.9. The molecule has 4 rings (SSSR count). The van der Waals surface area contributed by atoms with Gasteiger partial charge in [0.05, 0.1) is 22.5 Å². The fourth-order valence-corrected chi connectivity index (χ4v) is 4.07. The van der Waals surface area contributed by atoms with Gasteiger partial charge in [-0.2, -0.15) is 10.2 Å². The number of amides is 1. The topological polar surface area (TPSA) is 85.0 Å². The highest BCUT2D eigenvalue weighted by molar-refractivity contribution is 5.83. The lowest BCUT2D eigenvalue weighted by Gasteiger charge is -2.26. The standard InChI is InChI=1S/C22H28N6O2/c1-16-21-20(17(2)28(25-21)18-9-5-3-6-10-18)22(30)27(24-16)15-19(29)23-11-14-26-12-7-4-8-13-26/h3,5-6,9-10H,4,7-8,11-15H2,1-2H3,(H,23,29). The predicted molar refractivity (Wildman–Crippen MR) is 116 cm³/mol. The first-order valence-electron chi connectivity index (χ1n) is 10.6. The molecule has 0 saturated carbocycles. The number of benzene rings is 1. The molecular formula is C22H28N6O2. The number of likely N-dealkylation sites (tertiary alicyclic amines) is 1. The van der Waals surface area contributed by atoms with Gasteiger partial charge in [0.25, 0.3) is 5.56 Å². The number of hydrogen-bond donors (Lipinski definition) is 1. The summed E-state index contributed by atoms with van der Waals surface area (Å²) in [4.78, 5) is 27.8. The van der Waals surface area contributed by atoms with Crippen molar-refractivity contribution in [3.63, 3.8) is 0 Å². The van der Waals surface area contributed by atoms with Gasteiger partial charge >= 0.3 is 0 Å². The number of para-hydroxylation sites is 1. The number of aryl methyl sites for hydroxylation is 2. The van der Waals surface area contributed by atoms with E-state index in [2.05, 4.69) is 20.4 Å². The third kappa shape index (κ3) is 4.14. The lowest BCUT2D eigenvalue weighted by atomic mass is 10.1. The maximum Gasteiger partial charge on any atom is 0.278 e. The Morgan fingerprint density at radius 1 is 1.07 bits per heavy atom. The van der Waals surface area contributed by atoms with Crippen molar-refractivity contribution in [1.82, 2.24) is 29.8 Å². The highest BCUT2D eigenvalue weighted by Crippen LogP contribution is 2.19. The van der Waals surface area contributed by atoms with Crippen molar-refractivity contribution in [2.45, 2.75) is 39.7 Å². The molecule has 1 saturated heterocycles. The quantitative estimate of drug-likeness (QED) is 0.672. The van der Waals surface area contributed by atoms with E-state index in [1.54, 1.807) is 4.68 Å². The molecule has 30 heavy (non-hydrogen) atoms. The molecule has 0 unspecified atom stereocenters. The number of nitrogens with zero attached hydrogens (tertiary/aromatic N) is 5. The molecule has 3 aromatic rings. The molecule has 1 fully saturated rings. The van der Waals surface area contributed by atoms with Crippen molar-refractivity contribution < 1.29 is 4.79 Å². The third-order valence-electron chi connectivity index (χ3n) is 5.67. The second-order valence-electron chi connectivity index (χ2n) is 7.86. The zero-order valence-corrected chi connectivity index (χ0v) is 17.6. The van der Waals surface area contributed by atoms with E-state index in [1.807, 2.05) is 44.2 Å². The summed E-state index contributed by atoms with van der Waals surface area (Å²) in [5, 5.41) is 12.4. The van der Waals surface area contributed by atoms with Gasteiger partial charge in [-0.05, 0) is 51.9 Å². The summed E-state index contributed by atoms with van der Waals surface area (Å²) in [6.45, 7) is 7.20. The molecule has 2 aromatic heterocycles. The molecule has 1 aliphatic rings. The summed E-state index contributed by atoms with van der Waals surface area (Å²) < 4.78 is 3.00. The molecule has 3 heterocycles. The first-order chi connectivity index (χ1) is 14.5. The van der Waals surface area contributed by atoms with Gasteiger partial charge in [0, 0.05) is 13.1 Å².